The van der Waals surface area contributed by atoms with Gasteiger partial charge in [0.1, 0.15) is 11.3 Å². The molecule has 0 atom stereocenters. The van der Waals surface area contributed by atoms with Crippen molar-refractivity contribution in [2.75, 3.05) is 5.32 Å². The van der Waals surface area contributed by atoms with Crippen LogP contribution in [0.3, 0.4) is 0 Å². The molecule has 0 saturated carbocycles. The van der Waals surface area contributed by atoms with E-state index < -0.39 is 0 Å². The molecule has 22 heavy (non-hydrogen) atoms. The lowest BCUT2D eigenvalue weighted by Crippen LogP contribution is -2.06. The standard InChI is InChI=1S/C17H16N2O3/c1-9-4-5-15-14(6-9)19-17(22-15)13-8-12(18-11(3)20)7-10(2)16(13)21/h4-8,21H,1-3H3,(H,18,20). The molecule has 1 aromatic heterocycles. The molecule has 1 amide bonds. The number of nitrogens with one attached hydrogen (secondary N) is 1. The molecule has 5 nitrogen and oxygen atoms in total. The van der Waals surface area contributed by atoms with Crippen molar-refractivity contribution >= 4 is 22.7 Å². The zero-order valence-electron chi connectivity index (χ0n) is 12.6. The average molecular weight is 296 g/mol. The molecule has 0 fully saturated rings. The second kappa shape index (κ2) is 5.18. The summed E-state index contributed by atoms with van der Waals surface area (Å²) >= 11 is 0. The van der Waals surface area contributed by atoms with Crippen LogP contribution in [0, 0.1) is 13.8 Å². The highest BCUT2D eigenvalue weighted by atomic mass is 16.3. The predicted octanol–water partition coefficient (Wildman–Crippen LogP) is 3.78. The van der Waals surface area contributed by atoms with Crippen molar-refractivity contribution in [3.63, 3.8) is 0 Å². The number of anilines is 1. The SMILES string of the molecule is CC(=O)Nc1cc(C)c(O)c(-c2nc3cc(C)ccc3o2)c1. The molecule has 5 heteroatoms. The Hall–Kier alpha value is -2.82. The number of aryl methyl sites for hydroxylation is 2. The van der Waals surface area contributed by atoms with Crippen molar-refractivity contribution in [2.45, 2.75) is 20.8 Å². The summed E-state index contributed by atoms with van der Waals surface area (Å²) in [4.78, 5) is 15.6. The maximum Gasteiger partial charge on any atom is 0.231 e. The van der Waals surface area contributed by atoms with Gasteiger partial charge >= 0.3 is 0 Å². The van der Waals surface area contributed by atoms with Crippen LogP contribution in [0.2, 0.25) is 0 Å². The molecule has 112 valence electrons. The first-order valence-corrected chi connectivity index (χ1v) is 6.93. The number of hydrogen-bond donors (Lipinski definition) is 2. The van der Waals surface area contributed by atoms with Gasteiger partial charge in [-0.2, -0.15) is 0 Å². The maximum absolute atomic E-state index is 11.2. The molecule has 3 rings (SSSR count). The number of phenolic OH excluding ortho intramolecular Hbond substituents is 1. The number of rotatable bonds is 2. The molecule has 0 aliphatic rings. The Morgan fingerprint density at radius 3 is 2.73 bits per heavy atom. The third-order valence-electron chi connectivity index (χ3n) is 3.39. The zero-order valence-corrected chi connectivity index (χ0v) is 12.6. The van der Waals surface area contributed by atoms with Gasteiger partial charge in [0, 0.05) is 12.6 Å². The summed E-state index contributed by atoms with van der Waals surface area (Å²) < 4.78 is 5.72. The van der Waals surface area contributed by atoms with Gasteiger partial charge in [0.25, 0.3) is 0 Å². The van der Waals surface area contributed by atoms with Gasteiger partial charge in [0.05, 0.1) is 5.56 Å². The van der Waals surface area contributed by atoms with E-state index in [1.165, 1.54) is 6.92 Å². The van der Waals surface area contributed by atoms with Crippen LogP contribution < -0.4 is 5.32 Å². The molecule has 0 bridgehead atoms. The van der Waals surface area contributed by atoms with Crippen LogP contribution >= 0.6 is 0 Å². The molecule has 0 aliphatic heterocycles. The van der Waals surface area contributed by atoms with E-state index in [2.05, 4.69) is 10.3 Å². The quantitative estimate of drug-likeness (QED) is 0.706. The topological polar surface area (TPSA) is 75.4 Å². The van der Waals surface area contributed by atoms with Gasteiger partial charge in [0.15, 0.2) is 5.58 Å². The van der Waals surface area contributed by atoms with Crippen molar-refractivity contribution < 1.29 is 14.3 Å². The van der Waals surface area contributed by atoms with Crippen LogP contribution in [0.5, 0.6) is 5.75 Å². The van der Waals surface area contributed by atoms with Gasteiger partial charge < -0.3 is 14.8 Å². The third-order valence-corrected chi connectivity index (χ3v) is 3.39. The van der Waals surface area contributed by atoms with Crippen molar-refractivity contribution in [2.24, 2.45) is 0 Å². The highest BCUT2D eigenvalue weighted by Gasteiger charge is 2.15. The lowest BCUT2D eigenvalue weighted by molar-refractivity contribution is -0.114. The largest absolute Gasteiger partial charge is 0.507 e. The van der Waals surface area contributed by atoms with Crippen LogP contribution in [0.1, 0.15) is 18.1 Å². The van der Waals surface area contributed by atoms with Crippen LogP contribution in [-0.2, 0) is 4.79 Å². The van der Waals surface area contributed by atoms with Gasteiger partial charge in [-0.1, -0.05) is 6.07 Å². The number of oxazole rings is 1. The van der Waals surface area contributed by atoms with E-state index in [4.69, 9.17) is 4.42 Å². The highest BCUT2D eigenvalue weighted by Crippen LogP contribution is 2.36. The Labute approximate surface area is 127 Å². The van der Waals surface area contributed by atoms with E-state index in [-0.39, 0.29) is 11.7 Å². The smallest absolute Gasteiger partial charge is 0.231 e. The van der Waals surface area contributed by atoms with Crippen molar-refractivity contribution in [1.82, 2.24) is 4.98 Å². The van der Waals surface area contributed by atoms with Gasteiger partial charge in [-0.25, -0.2) is 4.98 Å². The number of carbonyl (C=O) groups is 1. The first-order chi connectivity index (χ1) is 10.4. The molecule has 2 aromatic carbocycles. The first-order valence-electron chi connectivity index (χ1n) is 6.93. The third kappa shape index (κ3) is 2.53. The minimum Gasteiger partial charge on any atom is -0.507 e. The van der Waals surface area contributed by atoms with Crippen molar-refractivity contribution in [3.05, 3.63) is 41.5 Å². The molecule has 2 N–H and O–H groups in total. The van der Waals surface area contributed by atoms with E-state index in [0.29, 0.717) is 28.3 Å². The predicted molar refractivity (Wildman–Crippen MR) is 84.9 cm³/mol. The lowest BCUT2D eigenvalue weighted by Gasteiger charge is -2.08. The van der Waals surface area contributed by atoms with E-state index in [1.807, 2.05) is 25.1 Å². The van der Waals surface area contributed by atoms with E-state index in [0.717, 1.165) is 11.1 Å². The molecule has 0 spiro atoms. The second-order valence-corrected chi connectivity index (χ2v) is 5.36. The number of carbonyl (C=O) groups excluding carboxylic acids is 1. The summed E-state index contributed by atoms with van der Waals surface area (Å²) in [5, 5.41) is 13.0. The number of nitrogens with zero attached hydrogens (tertiary/aromatic N) is 1. The monoisotopic (exact) mass is 296 g/mol. The zero-order chi connectivity index (χ0) is 15.9. The normalized spacial score (nSPS) is 10.9. The van der Waals surface area contributed by atoms with Gasteiger partial charge in [-0.05, 0) is 49.2 Å². The fraction of sp³-hybridized carbons (Fsp3) is 0.176. The number of fused-ring (bicyclic) bond motifs is 1. The van der Waals surface area contributed by atoms with Crippen LogP contribution in [0.25, 0.3) is 22.6 Å². The summed E-state index contributed by atoms with van der Waals surface area (Å²) in [6.07, 6.45) is 0. The Morgan fingerprint density at radius 2 is 2.00 bits per heavy atom. The number of benzene rings is 2. The Kier molecular flexibility index (Phi) is 3.33. The summed E-state index contributed by atoms with van der Waals surface area (Å²) in [5.41, 5.74) is 4.16. The minimum atomic E-state index is -0.177. The van der Waals surface area contributed by atoms with Gasteiger partial charge in [-0.15, -0.1) is 0 Å². The molecule has 0 aliphatic carbocycles. The Morgan fingerprint density at radius 1 is 1.23 bits per heavy atom. The number of aromatic hydroxyl groups is 1. The lowest BCUT2D eigenvalue weighted by atomic mass is 10.1. The number of aromatic nitrogens is 1. The first kappa shape index (κ1) is 14.1. The van der Waals surface area contributed by atoms with Crippen LogP contribution in [0.15, 0.2) is 34.7 Å². The van der Waals surface area contributed by atoms with Gasteiger partial charge in [0.2, 0.25) is 11.8 Å². The van der Waals surface area contributed by atoms with E-state index >= 15 is 0 Å². The van der Waals surface area contributed by atoms with Crippen molar-refractivity contribution in [1.29, 1.82) is 0 Å². The summed E-state index contributed by atoms with van der Waals surface area (Å²) in [6.45, 7) is 5.17. The van der Waals surface area contributed by atoms with Crippen LogP contribution in [-0.4, -0.2) is 16.0 Å². The van der Waals surface area contributed by atoms with E-state index in [1.54, 1.807) is 19.1 Å². The molecule has 3 aromatic rings. The van der Waals surface area contributed by atoms with E-state index in [9.17, 15) is 9.90 Å². The van der Waals surface area contributed by atoms with Crippen LogP contribution in [0.4, 0.5) is 5.69 Å². The minimum absolute atomic E-state index is 0.0948. The fourth-order valence-electron chi connectivity index (χ4n) is 2.37. The van der Waals surface area contributed by atoms with Crippen molar-refractivity contribution in [3.8, 4) is 17.2 Å². The summed E-state index contributed by atoms with van der Waals surface area (Å²) in [7, 11) is 0. The number of phenols is 1. The Bertz CT molecular complexity index is 881. The highest BCUT2D eigenvalue weighted by molar-refractivity contribution is 5.90. The van der Waals surface area contributed by atoms with Gasteiger partial charge in [-0.3, -0.25) is 4.79 Å². The molecule has 0 unspecified atom stereocenters. The summed E-state index contributed by atoms with van der Waals surface area (Å²) in [6, 6.07) is 9.07. The summed E-state index contributed by atoms with van der Waals surface area (Å²) in [5.74, 6) is 0.245. The average Bonchev–Trinajstić information content (AvgIpc) is 2.84. The molecule has 0 saturated heterocycles. The molecule has 0 radical (unpaired) electrons. The number of amides is 1. The number of hydrogen-bond acceptors (Lipinski definition) is 4. The Balaban J connectivity index is 2.16. The fourth-order valence-corrected chi connectivity index (χ4v) is 2.37. The second-order valence-electron chi connectivity index (χ2n) is 5.36. The molecule has 1 heterocycles. The molecular formula is C17H16N2O3. The molecular weight excluding hydrogens is 280 g/mol. The maximum atomic E-state index is 11.2.